The first-order chi connectivity index (χ1) is 19.2. The van der Waals surface area contributed by atoms with Crippen LogP contribution in [-0.2, 0) is 22.6 Å². The van der Waals surface area contributed by atoms with Gasteiger partial charge in [-0.2, -0.15) is 0 Å². The molecule has 0 spiro atoms. The Morgan fingerprint density at radius 1 is 1.15 bits per heavy atom. The Morgan fingerprint density at radius 2 is 1.90 bits per heavy atom. The Morgan fingerprint density at radius 3 is 2.62 bits per heavy atom. The van der Waals surface area contributed by atoms with Crippen molar-refractivity contribution < 1.29 is 24.5 Å². The number of aliphatic hydroxyl groups is 2. The second kappa shape index (κ2) is 11.8. The van der Waals surface area contributed by atoms with Crippen LogP contribution in [0.15, 0.2) is 24.3 Å². The van der Waals surface area contributed by atoms with Crippen molar-refractivity contribution >= 4 is 28.3 Å². The van der Waals surface area contributed by atoms with E-state index in [-0.39, 0.29) is 48.0 Å². The SMILES string of the molecule is COc1ccccc1CNC(=O)CC1c2nc(NC(=O)C3CCCCC3)sc2CC2C(C)(CO)C(O)CCC12C. The monoisotopic (exact) mass is 569 g/mol. The lowest BCUT2D eigenvalue weighted by Crippen LogP contribution is -2.57. The first-order valence-corrected chi connectivity index (χ1v) is 15.5. The molecule has 2 fully saturated rings. The average molecular weight is 570 g/mol. The smallest absolute Gasteiger partial charge is 0.229 e. The molecule has 40 heavy (non-hydrogen) atoms. The summed E-state index contributed by atoms with van der Waals surface area (Å²) in [5.41, 5.74) is 0.755. The highest BCUT2D eigenvalue weighted by Gasteiger charge is 2.59. The van der Waals surface area contributed by atoms with E-state index in [9.17, 15) is 19.8 Å². The number of aliphatic hydroxyl groups excluding tert-OH is 2. The van der Waals surface area contributed by atoms with E-state index in [0.29, 0.717) is 24.5 Å². The predicted octanol–water partition coefficient (Wildman–Crippen LogP) is 4.79. The maximum atomic E-state index is 13.5. The van der Waals surface area contributed by atoms with Crippen LogP contribution in [0.5, 0.6) is 5.75 Å². The Balaban J connectivity index is 1.42. The fourth-order valence-corrected chi connectivity index (χ4v) is 8.64. The number of anilines is 1. The van der Waals surface area contributed by atoms with Gasteiger partial charge in [0.05, 0.1) is 25.5 Å². The van der Waals surface area contributed by atoms with Crippen LogP contribution in [-0.4, -0.2) is 46.8 Å². The van der Waals surface area contributed by atoms with Crippen molar-refractivity contribution in [2.75, 3.05) is 19.0 Å². The van der Waals surface area contributed by atoms with E-state index < -0.39 is 11.5 Å². The van der Waals surface area contributed by atoms with Gasteiger partial charge in [-0.1, -0.05) is 51.3 Å². The van der Waals surface area contributed by atoms with E-state index in [4.69, 9.17) is 9.72 Å². The molecule has 1 aromatic carbocycles. The van der Waals surface area contributed by atoms with Gasteiger partial charge in [0.1, 0.15) is 5.75 Å². The number of benzene rings is 1. The molecule has 2 amide bonds. The second-order valence-corrected chi connectivity index (χ2v) is 13.6. The lowest BCUT2D eigenvalue weighted by molar-refractivity contribution is -0.144. The number of ether oxygens (including phenoxy) is 1. The number of hydrogen-bond acceptors (Lipinski definition) is 7. The minimum atomic E-state index is -0.688. The van der Waals surface area contributed by atoms with Crippen molar-refractivity contribution in [2.24, 2.45) is 22.7 Å². The summed E-state index contributed by atoms with van der Waals surface area (Å²) in [5, 5.41) is 28.3. The van der Waals surface area contributed by atoms with E-state index in [1.54, 1.807) is 7.11 Å². The van der Waals surface area contributed by atoms with Crippen LogP contribution in [0, 0.1) is 22.7 Å². The minimum absolute atomic E-state index is 0.0270. The van der Waals surface area contributed by atoms with Crippen molar-refractivity contribution in [1.29, 1.82) is 0 Å². The van der Waals surface area contributed by atoms with Crippen molar-refractivity contribution in [1.82, 2.24) is 10.3 Å². The maximum Gasteiger partial charge on any atom is 0.229 e. The van der Waals surface area contributed by atoms with Crippen molar-refractivity contribution in [3.63, 3.8) is 0 Å². The summed E-state index contributed by atoms with van der Waals surface area (Å²) in [5.74, 6) is 0.480. The van der Waals surface area contributed by atoms with Crippen molar-refractivity contribution in [3.05, 3.63) is 40.4 Å². The molecular weight excluding hydrogens is 526 g/mol. The van der Waals surface area contributed by atoms with Gasteiger partial charge in [0.2, 0.25) is 11.8 Å². The molecule has 1 aromatic heterocycles. The number of methoxy groups -OCH3 is 1. The number of hydrogen-bond donors (Lipinski definition) is 4. The molecule has 218 valence electrons. The fraction of sp³-hybridized carbons (Fsp3) is 0.645. The van der Waals surface area contributed by atoms with Crippen LogP contribution < -0.4 is 15.4 Å². The molecule has 0 saturated heterocycles. The fourth-order valence-electron chi connectivity index (χ4n) is 7.57. The van der Waals surface area contributed by atoms with Gasteiger partial charge in [-0.05, 0) is 49.5 Å². The average Bonchev–Trinajstić information content (AvgIpc) is 3.37. The van der Waals surface area contributed by atoms with E-state index in [1.165, 1.54) is 17.8 Å². The number of fused-ring (bicyclic) bond motifs is 2. The molecule has 8 nitrogen and oxygen atoms in total. The number of thiazole rings is 1. The zero-order valence-corrected chi connectivity index (χ0v) is 24.7. The molecule has 0 radical (unpaired) electrons. The van der Waals surface area contributed by atoms with Gasteiger partial charge in [-0.3, -0.25) is 9.59 Å². The van der Waals surface area contributed by atoms with Gasteiger partial charge in [-0.25, -0.2) is 4.98 Å². The third kappa shape index (κ3) is 5.40. The quantitative estimate of drug-likeness (QED) is 0.363. The van der Waals surface area contributed by atoms with E-state index in [1.807, 2.05) is 31.2 Å². The summed E-state index contributed by atoms with van der Waals surface area (Å²) in [7, 11) is 1.62. The Kier molecular flexibility index (Phi) is 8.55. The van der Waals surface area contributed by atoms with E-state index in [2.05, 4.69) is 17.6 Å². The molecular formula is C31H43N3O5S. The number of nitrogens with one attached hydrogen (secondary N) is 2. The largest absolute Gasteiger partial charge is 0.496 e. The lowest BCUT2D eigenvalue weighted by Gasteiger charge is -2.58. The van der Waals surface area contributed by atoms with E-state index in [0.717, 1.165) is 54.0 Å². The third-order valence-electron chi connectivity index (χ3n) is 10.2. The zero-order valence-electron chi connectivity index (χ0n) is 23.9. The molecule has 3 aliphatic rings. The van der Waals surface area contributed by atoms with Gasteiger partial charge < -0.3 is 25.6 Å². The van der Waals surface area contributed by atoms with Crippen molar-refractivity contribution in [2.45, 2.75) is 90.2 Å². The van der Waals surface area contributed by atoms with Crippen LogP contribution in [0.4, 0.5) is 5.13 Å². The Bertz CT molecular complexity index is 1230. The number of rotatable bonds is 8. The van der Waals surface area contributed by atoms with Gasteiger partial charge in [0, 0.05) is 40.7 Å². The van der Waals surface area contributed by atoms with E-state index >= 15 is 0 Å². The minimum Gasteiger partial charge on any atom is -0.496 e. The van der Waals surface area contributed by atoms with Crippen LogP contribution in [0.2, 0.25) is 0 Å². The standard InChI is InChI=1S/C31H43N3O5S/c1-30-14-13-25(36)31(2,18-35)24(30)16-23-27(33-29(40-23)34-28(38)19-9-5-4-6-10-19)21(30)15-26(37)32-17-20-11-7-8-12-22(20)39-3/h7-8,11-12,19,21,24-25,35-36H,4-6,9-10,13-18H2,1-3H3,(H,32,37)(H,33,34,38). The molecule has 2 aromatic rings. The zero-order chi connectivity index (χ0) is 28.5. The van der Waals surface area contributed by atoms with Gasteiger partial charge >= 0.3 is 0 Å². The first kappa shape index (κ1) is 29.0. The maximum absolute atomic E-state index is 13.5. The highest BCUT2D eigenvalue weighted by atomic mass is 32.1. The lowest BCUT2D eigenvalue weighted by atomic mass is 9.47. The molecule has 0 bridgehead atoms. The third-order valence-corrected chi connectivity index (χ3v) is 11.2. The predicted molar refractivity (Wildman–Crippen MR) is 155 cm³/mol. The van der Waals surface area contributed by atoms with Gasteiger partial charge in [0.25, 0.3) is 0 Å². The molecule has 5 rings (SSSR count). The molecule has 0 aliphatic heterocycles. The van der Waals surface area contributed by atoms with Crippen LogP contribution in [0.3, 0.4) is 0 Å². The Hall–Kier alpha value is -2.49. The van der Waals surface area contributed by atoms with Gasteiger partial charge in [-0.15, -0.1) is 11.3 Å². The van der Waals surface area contributed by atoms with Crippen LogP contribution >= 0.6 is 11.3 Å². The first-order valence-electron chi connectivity index (χ1n) is 14.7. The number of carbonyl (C=O) groups is 2. The molecule has 3 aliphatic carbocycles. The van der Waals surface area contributed by atoms with Crippen LogP contribution in [0.1, 0.15) is 87.3 Å². The summed E-state index contributed by atoms with van der Waals surface area (Å²) in [6, 6.07) is 7.63. The highest BCUT2D eigenvalue weighted by molar-refractivity contribution is 7.15. The Labute approximate surface area is 240 Å². The molecule has 2 saturated carbocycles. The molecule has 1 heterocycles. The molecule has 5 atom stereocenters. The normalized spacial score (nSPS) is 30.2. The van der Waals surface area contributed by atoms with Crippen molar-refractivity contribution in [3.8, 4) is 5.75 Å². The number of nitrogens with zero attached hydrogens (tertiary/aromatic N) is 1. The second-order valence-electron chi connectivity index (χ2n) is 12.5. The summed E-state index contributed by atoms with van der Waals surface area (Å²) in [6.45, 7) is 4.39. The summed E-state index contributed by atoms with van der Waals surface area (Å²) in [4.78, 5) is 32.5. The number of para-hydroxylation sites is 1. The topological polar surface area (TPSA) is 121 Å². The number of amides is 2. The summed E-state index contributed by atoms with van der Waals surface area (Å²) in [6.07, 6.45) is 6.77. The molecule has 5 unspecified atom stereocenters. The number of aromatic nitrogens is 1. The highest BCUT2D eigenvalue weighted by Crippen LogP contribution is 2.62. The van der Waals surface area contributed by atoms with Gasteiger partial charge in [0.15, 0.2) is 5.13 Å². The molecule has 9 heteroatoms. The summed E-state index contributed by atoms with van der Waals surface area (Å²) >= 11 is 1.49. The summed E-state index contributed by atoms with van der Waals surface area (Å²) < 4.78 is 5.44. The number of carbonyl (C=O) groups excluding carboxylic acids is 2. The molecule has 4 N–H and O–H groups in total. The van der Waals surface area contributed by atoms with Crippen LogP contribution in [0.25, 0.3) is 0 Å².